The number of aromatic nitrogens is 2. The number of nitrogens with one attached hydrogen (secondary N) is 1. The maximum atomic E-state index is 11.8. The van der Waals surface area contributed by atoms with E-state index in [2.05, 4.69) is 10.4 Å². The third-order valence-electron chi connectivity index (χ3n) is 2.42. The van der Waals surface area contributed by atoms with Crippen molar-refractivity contribution < 1.29 is 4.79 Å². The Morgan fingerprint density at radius 2 is 2.19 bits per heavy atom. The highest BCUT2D eigenvalue weighted by molar-refractivity contribution is 5.96. The molecule has 3 N–H and O–H groups in total. The molecule has 0 radical (unpaired) electrons. The molecule has 0 bridgehead atoms. The Morgan fingerprint density at radius 1 is 1.50 bits per heavy atom. The summed E-state index contributed by atoms with van der Waals surface area (Å²) in [6.07, 6.45) is 3.64. The summed E-state index contributed by atoms with van der Waals surface area (Å²) >= 11 is 0. The van der Waals surface area contributed by atoms with E-state index in [4.69, 9.17) is 5.73 Å². The molecule has 1 amide bonds. The fourth-order valence-electron chi connectivity index (χ4n) is 1.52. The highest BCUT2D eigenvalue weighted by Crippen LogP contribution is 2.11. The lowest BCUT2D eigenvalue weighted by Gasteiger charge is -2.02. The second-order valence-corrected chi connectivity index (χ2v) is 3.59. The molecule has 5 heteroatoms. The van der Waals surface area contributed by atoms with Gasteiger partial charge in [-0.05, 0) is 13.8 Å². The van der Waals surface area contributed by atoms with Crippen molar-refractivity contribution in [2.75, 3.05) is 13.1 Å². The van der Waals surface area contributed by atoms with Gasteiger partial charge in [0.1, 0.15) is 0 Å². The van der Waals surface area contributed by atoms with Gasteiger partial charge in [0.2, 0.25) is 0 Å². The first kappa shape index (κ1) is 12.4. The van der Waals surface area contributed by atoms with Crippen molar-refractivity contribution in [2.24, 2.45) is 12.8 Å². The van der Waals surface area contributed by atoms with E-state index < -0.39 is 0 Å². The zero-order valence-electron chi connectivity index (χ0n) is 9.95. The molecular formula is C11H18N4O. The Hall–Kier alpha value is -1.62. The van der Waals surface area contributed by atoms with E-state index in [1.807, 2.05) is 33.0 Å². The SMILES string of the molecule is Cc1nn(C)c(C)c1C(=O)NC/C=C/CN. The maximum Gasteiger partial charge on any atom is 0.255 e. The maximum absolute atomic E-state index is 11.8. The van der Waals surface area contributed by atoms with Crippen LogP contribution in [0.2, 0.25) is 0 Å². The van der Waals surface area contributed by atoms with Crippen molar-refractivity contribution in [2.45, 2.75) is 13.8 Å². The molecule has 0 fully saturated rings. The molecule has 1 aromatic heterocycles. The van der Waals surface area contributed by atoms with E-state index in [9.17, 15) is 4.79 Å². The Kier molecular flexibility index (Phi) is 4.25. The first-order valence-electron chi connectivity index (χ1n) is 5.21. The predicted molar refractivity (Wildman–Crippen MR) is 63.2 cm³/mol. The number of rotatable bonds is 4. The molecular weight excluding hydrogens is 204 g/mol. The summed E-state index contributed by atoms with van der Waals surface area (Å²) in [6.45, 7) is 4.69. The molecule has 88 valence electrons. The first-order valence-corrected chi connectivity index (χ1v) is 5.21. The highest BCUT2D eigenvalue weighted by Gasteiger charge is 2.15. The summed E-state index contributed by atoms with van der Waals surface area (Å²) < 4.78 is 1.71. The van der Waals surface area contributed by atoms with E-state index in [1.54, 1.807) is 4.68 Å². The van der Waals surface area contributed by atoms with Crippen LogP contribution in [0.4, 0.5) is 0 Å². The van der Waals surface area contributed by atoms with E-state index in [-0.39, 0.29) is 5.91 Å². The second-order valence-electron chi connectivity index (χ2n) is 3.59. The Labute approximate surface area is 95.3 Å². The van der Waals surface area contributed by atoms with Crippen LogP contribution in [-0.4, -0.2) is 28.8 Å². The lowest BCUT2D eigenvalue weighted by Crippen LogP contribution is -2.24. The van der Waals surface area contributed by atoms with Crippen molar-refractivity contribution >= 4 is 5.91 Å². The van der Waals surface area contributed by atoms with Crippen LogP contribution in [0.5, 0.6) is 0 Å². The molecule has 0 unspecified atom stereocenters. The van der Waals surface area contributed by atoms with Gasteiger partial charge in [-0.15, -0.1) is 0 Å². The zero-order chi connectivity index (χ0) is 12.1. The normalized spacial score (nSPS) is 11.0. The van der Waals surface area contributed by atoms with Crippen LogP contribution < -0.4 is 11.1 Å². The zero-order valence-corrected chi connectivity index (χ0v) is 9.95. The van der Waals surface area contributed by atoms with Crippen molar-refractivity contribution in [3.63, 3.8) is 0 Å². The predicted octanol–water partition coefficient (Wildman–Crippen LogP) is 0.282. The summed E-state index contributed by atoms with van der Waals surface area (Å²) in [7, 11) is 1.83. The van der Waals surface area contributed by atoms with E-state index >= 15 is 0 Å². The monoisotopic (exact) mass is 222 g/mol. The molecule has 1 heterocycles. The lowest BCUT2D eigenvalue weighted by atomic mass is 10.2. The van der Waals surface area contributed by atoms with Gasteiger partial charge < -0.3 is 11.1 Å². The minimum Gasteiger partial charge on any atom is -0.348 e. The average molecular weight is 222 g/mol. The molecule has 0 aromatic carbocycles. The van der Waals surface area contributed by atoms with E-state index in [0.29, 0.717) is 18.7 Å². The Morgan fingerprint density at radius 3 is 2.69 bits per heavy atom. The third-order valence-corrected chi connectivity index (χ3v) is 2.42. The number of carbonyl (C=O) groups is 1. The summed E-state index contributed by atoms with van der Waals surface area (Å²) in [5.41, 5.74) is 7.57. The van der Waals surface area contributed by atoms with Crippen LogP contribution in [-0.2, 0) is 7.05 Å². The van der Waals surface area contributed by atoms with Gasteiger partial charge in [0.05, 0.1) is 11.3 Å². The van der Waals surface area contributed by atoms with Gasteiger partial charge in [-0.3, -0.25) is 9.48 Å². The molecule has 1 aromatic rings. The van der Waals surface area contributed by atoms with Gasteiger partial charge in [-0.1, -0.05) is 12.2 Å². The van der Waals surface area contributed by atoms with Crippen molar-refractivity contribution in [3.05, 3.63) is 29.1 Å². The number of nitrogens with zero attached hydrogens (tertiary/aromatic N) is 2. The van der Waals surface area contributed by atoms with Crippen molar-refractivity contribution in [1.82, 2.24) is 15.1 Å². The minimum absolute atomic E-state index is 0.0928. The number of nitrogens with two attached hydrogens (primary N) is 1. The van der Waals surface area contributed by atoms with Crippen LogP contribution in [0.3, 0.4) is 0 Å². The van der Waals surface area contributed by atoms with Crippen LogP contribution in [0, 0.1) is 13.8 Å². The molecule has 16 heavy (non-hydrogen) atoms. The van der Waals surface area contributed by atoms with Crippen LogP contribution in [0.15, 0.2) is 12.2 Å². The van der Waals surface area contributed by atoms with Crippen LogP contribution >= 0.6 is 0 Å². The average Bonchev–Trinajstić information content (AvgIpc) is 2.48. The van der Waals surface area contributed by atoms with E-state index in [0.717, 1.165) is 11.4 Å². The first-order chi connectivity index (χ1) is 7.57. The number of hydrogen-bond acceptors (Lipinski definition) is 3. The Balaban J connectivity index is 2.70. The summed E-state index contributed by atoms with van der Waals surface area (Å²) in [4.78, 5) is 11.8. The molecule has 0 atom stereocenters. The van der Waals surface area contributed by atoms with Crippen molar-refractivity contribution in [1.29, 1.82) is 0 Å². The number of carbonyl (C=O) groups excluding carboxylic acids is 1. The smallest absolute Gasteiger partial charge is 0.255 e. The van der Waals surface area contributed by atoms with Gasteiger partial charge in [0.15, 0.2) is 0 Å². The quantitative estimate of drug-likeness (QED) is 0.719. The van der Waals surface area contributed by atoms with Gasteiger partial charge in [-0.25, -0.2) is 0 Å². The summed E-state index contributed by atoms with van der Waals surface area (Å²) in [6, 6.07) is 0. The molecule has 5 nitrogen and oxygen atoms in total. The third kappa shape index (κ3) is 2.70. The van der Waals surface area contributed by atoms with Crippen molar-refractivity contribution in [3.8, 4) is 0 Å². The molecule has 0 saturated carbocycles. The van der Waals surface area contributed by atoms with Gasteiger partial charge in [-0.2, -0.15) is 5.10 Å². The molecule has 0 aliphatic carbocycles. The molecule has 0 saturated heterocycles. The van der Waals surface area contributed by atoms with Crippen LogP contribution in [0.25, 0.3) is 0 Å². The minimum atomic E-state index is -0.0928. The highest BCUT2D eigenvalue weighted by atomic mass is 16.1. The largest absolute Gasteiger partial charge is 0.348 e. The van der Waals surface area contributed by atoms with Crippen LogP contribution in [0.1, 0.15) is 21.7 Å². The molecule has 0 aliphatic heterocycles. The number of hydrogen-bond donors (Lipinski definition) is 2. The van der Waals surface area contributed by atoms with E-state index in [1.165, 1.54) is 0 Å². The van der Waals surface area contributed by atoms with Gasteiger partial charge in [0.25, 0.3) is 5.91 Å². The standard InChI is InChI=1S/C11H18N4O/c1-8-10(9(2)15(3)14-8)11(16)13-7-5-4-6-12/h4-5H,6-7,12H2,1-3H3,(H,13,16)/b5-4+. The Bertz CT molecular complexity index is 406. The lowest BCUT2D eigenvalue weighted by molar-refractivity contribution is 0.0956. The number of amides is 1. The molecule has 0 aliphatic rings. The van der Waals surface area contributed by atoms with Gasteiger partial charge in [0, 0.05) is 25.8 Å². The number of aryl methyl sites for hydroxylation is 2. The summed E-state index contributed by atoms with van der Waals surface area (Å²) in [5.74, 6) is -0.0928. The van der Waals surface area contributed by atoms with Gasteiger partial charge >= 0.3 is 0 Å². The fourth-order valence-corrected chi connectivity index (χ4v) is 1.52. The summed E-state index contributed by atoms with van der Waals surface area (Å²) in [5, 5.41) is 6.99. The topological polar surface area (TPSA) is 72.9 Å². The fraction of sp³-hybridized carbons (Fsp3) is 0.455. The molecule has 0 spiro atoms. The second kappa shape index (κ2) is 5.46. The molecule has 1 rings (SSSR count).